The number of nitrogens with zero attached hydrogens (tertiary/aromatic N) is 1. The first-order valence-electron chi connectivity index (χ1n) is 5.36. The first kappa shape index (κ1) is 12.5. The molecule has 0 bridgehead atoms. The Morgan fingerprint density at radius 2 is 2.13 bits per heavy atom. The van der Waals surface area contributed by atoms with Gasteiger partial charge in [-0.15, -0.1) is 0 Å². The Labute approximate surface area is 100 Å². The molecule has 3 heteroatoms. The minimum Gasteiger partial charge on any atom is -0.478 e. The molecule has 2 nitrogen and oxygen atoms in total. The third-order valence-electron chi connectivity index (χ3n) is 2.20. The lowest BCUT2D eigenvalue weighted by atomic mass is 10.1. The van der Waals surface area contributed by atoms with Crippen LogP contribution in [0.1, 0.15) is 26.5 Å². The van der Waals surface area contributed by atoms with E-state index in [2.05, 4.69) is 34.8 Å². The van der Waals surface area contributed by atoms with E-state index >= 15 is 0 Å². The molecule has 84 valence electrons. The van der Waals surface area contributed by atoms with Crippen molar-refractivity contribution in [3.05, 3.63) is 23.9 Å². The van der Waals surface area contributed by atoms with E-state index in [1.165, 1.54) is 0 Å². The van der Waals surface area contributed by atoms with Crippen LogP contribution in [-0.4, -0.2) is 16.4 Å². The lowest BCUT2D eigenvalue weighted by Crippen LogP contribution is -2.11. The molecule has 1 atom stereocenters. The lowest BCUT2D eigenvalue weighted by molar-refractivity contribution is 0.325. The van der Waals surface area contributed by atoms with Gasteiger partial charge in [-0.3, -0.25) is 0 Å². The van der Waals surface area contributed by atoms with Gasteiger partial charge >= 0.3 is 0 Å². The van der Waals surface area contributed by atoms with Gasteiger partial charge < -0.3 is 4.74 Å². The number of halogens is 1. The maximum absolute atomic E-state index is 5.36. The van der Waals surface area contributed by atoms with Crippen molar-refractivity contribution < 1.29 is 4.74 Å². The third-order valence-corrected chi connectivity index (χ3v) is 3.58. The molecule has 0 radical (unpaired) electrons. The fourth-order valence-electron chi connectivity index (χ4n) is 1.24. The predicted molar refractivity (Wildman–Crippen MR) is 66.7 cm³/mol. The van der Waals surface area contributed by atoms with E-state index in [1.54, 1.807) is 0 Å². The summed E-state index contributed by atoms with van der Waals surface area (Å²) in [6, 6.07) is 5.93. The molecule has 1 heterocycles. The molecular weight excluding hydrogens is 254 g/mol. The van der Waals surface area contributed by atoms with E-state index in [-0.39, 0.29) is 0 Å². The van der Waals surface area contributed by atoms with Crippen LogP contribution in [0, 0.1) is 5.92 Å². The van der Waals surface area contributed by atoms with Crippen molar-refractivity contribution in [2.24, 2.45) is 5.92 Å². The van der Waals surface area contributed by atoms with Gasteiger partial charge in [0.05, 0.1) is 6.61 Å². The van der Waals surface area contributed by atoms with Gasteiger partial charge in [0.2, 0.25) is 5.88 Å². The van der Waals surface area contributed by atoms with E-state index in [9.17, 15) is 0 Å². The molecule has 0 spiro atoms. The van der Waals surface area contributed by atoms with Crippen molar-refractivity contribution in [2.75, 3.05) is 6.61 Å². The summed E-state index contributed by atoms with van der Waals surface area (Å²) in [6.07, 6.45) is 0.943. The summed E-state index contributed by atoms with van der Waals surface area (Å²) in [5.41, 5.74) is 1.08. The Morgan fingerprint density at radius 3 is 2.73 bits per heavy atom. The summed E-state index contributed by atoms with van der Waals surface area (Å²) in [5, 5.41) is 0. The second kappa shape index (κ2) is 6.11. The van der Waals surface area contributed by atoms with E-state index < -0.39 is 0 Å². The Hall–Kier alpha value is -0.570. The predicted octanol–water partition coefficient (Wildman–Crippen LogP) is 3.44. The monoisotopic (exact) mass is 271 g/mol. The Kier molecular flexibility index (Phi) is 5.09. The van der Waals surface area contributed by atoms with Crippen molar-refractivity contribution in [3.63, 3.8) is 0 Å². The minimum absolute atomic E-state index is 0.474. The molecule has 0 aliphatic rings. The maximum atomic E-state index is 5.36. The van der Waals surface area contributed by atoms with Crippen molar-refractivity contribution in [1.29, 1.82) is 0 Å². The average molecular weight is 272 g/mol. The van der Waals surface area contributed by atoms with Gasteiger partial charge in [-0.05, 0) is 18.9 Å². The van der Waals surface area contributed by atoms with Gasteiger partial charge in [0.1, 0.15) is 0 Å². The summed E-state index contributed by atoms with van der Waals surface area (Å²) in [6.45, 7) is 7.03. The Bertz CT molecular complexity index is 301. The van der Waals surface area contributed by atoms with Gasteiger partial charge in [-0.25, -0.2) is 4.98 Å². The highest BCUT2D eigenvalue weighted by atomic mass is 79.9. The summed E-state index contributed by atoms with van der Waals surface area (Å²) in [7, 11) is 0. The third kappa shape index (κ3) is 4.20. The minimum atomic E-state index is 0.474. The van der Waals surface area contributed by atoms with Crippen molar-refractivity contribution >= 4 is 15.9 Å². The van der Waals surface area contributed by atoms with E-state index in [1.807, 2.05) is 25.1 Å². The molecule has 15 heavy (non-hydrogen) atoms. The number of pyridine rings is 1. The number of alkyl halides is 1. The van der Waals surface area contributed by atoms with Crippen LogP contribution in [0.5, 0.6) is 5.88 Å². The highest BCUT2D eigenvalue weighted by Crippen LogP contribution is 2.18. The Balaban J connectivity index is 2.64. The molecule has 0 amide bonds. The molecule has 1 aromatic heterocycles. The van der Waals surface area contributed by atoms with Crippen LogP contribution >= 0.6 is 15.9 Å². The van der Waals surface area contributed by atoms with Crippen LogP contribution in [0.4, 0.5) is 0 Å². The van der Waals surface area contributed by atoms with Crippen molar-refractivity contribution in [2.45, 2.75) is 32.0 Å². The first-order valence-corrected chi connectivity index (χ1v) is 6.27. The molecule has 0 saturated carbocycles. The molecule has 0 saturated heterocycles. The van der Waals surface area contributed by atoms with Crippen LogP contribution in [0.3, 0.4) is 0 Å². The smallest absolute Gasteiger partial charge is 0.213 e. The van der Waals surface area contributed by atoms with Gasteiger partial charge in [-0.2, -0.15) is 0 Å². The maximum Gasteiger partial charge on any atom is 0.213 e. The standard InChI is InChI=1S/C12H18BrNO/c1-4-15-12-7-5-6-10(14-12)8-11(13)9(2)3/h5-7,9,11H,4,8H2,1-3H3. The molecule has 0 N–H and O–H groups in total. The first-order chi connectivity index (χ1) is 7.13. The second-order valence-corrected chi connectivity index (χ2v) is 5.04. The highest BCUT2D eigenvalue weighted by molar-refractivity contribution is 9.09. The number of hydrogen-bond donors (Lipinski definition) is 0. The van der Waals surface area contributed by atoms with Gasteiger partial charge in [0, 0.05) is 23.0 Å². The van der Waals surface area contributed by atoms with Crippen molar-refractivity contribution in [3.8, 4) is 5.88 Å². The molecule has 1 unspecified atom stereocenters. The second-order valence-electron chi connectivity index (χ2n) is 3.86. The molecule has 0 aromatic carbocycles. The number of hydrogen-bond acceptors (Lipinski definition) is 2. The molecule has 0 fully saturated rings. The lowest BCUT2D eigenvalue weighted by Gasteiger charge is -2.13. The summed E-state index contributed by atoms with van der Waals surface area (Å²) >= 11 is 3.66. The molecule has 0 aliphatic carbocycles. The number of rotatable bonds is 5. The highest BCUT2D eigenvalue weighted by Gasteiger charge is 2.11. The van der Waals surface area contributed by atoms with Gasteiger partial charge in [0.15, 0.2) is 0 Å². The zero-order valence-electron chi connectivity index (χ0n) is 9.53. The molecule has 1 rings (SSSR count). The van der Waals surface area contributed by atoms with Crippen LogP contribution in [-0.2, 0) is 6.42 Å². The molecule has 1 aromatic rings. The fourth-order valence-corrected chi connectivity index (χ4v) is 1.57. The van der Waals surface area contributed by atoms with Crippen LogP contribution in [0.25, 0.3) is 0 Å². The van der Waals surface area contributed by atoms with E-state index in [0.29, 0.717) is 17.4 Å². The molecule has 0 aliphatic heterocycles. The van der Waals surface area contributed by atoms with Gasteiger partial charge in [-0.1, -0.05) is 35.8 Å². The van der Waals surface area contributed by atoms with Crippen LogP contribution in [0.2, 0.25) is 0 Å². The SMILES string of the molecule is CCOc1cccc(CC(Br)C(C)C)n1. The quantitative estimate of drug-likeness (QED) is 0.766. The zero-order chi connectivity index (χ0) is 11.3. The topological polar surface area (TPSA) is 22.1 Å². The summed E-state index contributed by atoms with van der Waals surface area (Å²) < 4.78 is 5.36. The fraction of sp³-hybridized carbons (Fsp3) is 0.583. The van der Waals surface area contributed by atoms with E-state index in [4.69, 9.17) is 4.74 Å². The Morgan fingerprint density at radius 1 is 1.40 bits per heavy atom. The normalized spacial score (nSPS) is 12.9. The number of ether oxygens (including phenoxy) is 1. The van der Waals surface area contributed by atoms with Crippen LogP contribution in [0.15, 0.2) is 18.2 Å². The van der Waals surface area contributed by atoms with Crippen molar-refractivity contribution in [1.82, 2.24) is 4.98 Å². The summed E-state index contributed by atoms with van der Waals surface area (Å²) in [4.78, 5) is 4.91. The van der Waals surface area contributed by atoms with E-state index in [0.717, 1.165) is 18.0 Å². The zero-order valence-corrected chi connectivity index (χ0v) is 11.1. The average Bonchev–Trinajstić information content (AvgIpc) is 2.18. The molecular formula is C12H18BrNO. The summed E-state index contributed by atoms with van der Waals surface area (Å²) in [5.74, 6) is 1.33. The largest absolute Gasteiger partial charge is 0.478 e. The van der Waals surface area contributed by atoms with Crippen LogP contribution < -0.4 is 4.74 Å². The van der Waals surface area contributed by atoms with Gasteiger partial charge in [0.25, 0.3) is 0 Å². The number of aromatic nitrogens is 1.